The molecule has 1 heterocycles. The van der Waals surface area contributed by atoms with Crippen LogP contribution < -0.4 is 4.72 Å². The molecule has 1 N–H and O–H groups in total. The van der Waals surface area contributed by atoms with E-state index in [0.29, 0.717) is 11.3 Å². The molecule has 1 aromatic heterocycles. The number of thioether (sulfide) groups is 1. The van der Waals surface area contributed by atoms with Crippen LogP contribution in [0.5, 0.6) is 0 Å². The van der Waals surface area contributed by atoms with Crippen LogP contribution in [0.15, 0.2) is 78.0 Å². The van der Waals surface area contributed by atoms with Crippen LogP contribution in [0.4, 0.5) is 5.69 Å². The first-order chi connectivity index (χ1) is 13.8. The highest BCUT2D eigenvalue weighted by atomic mass is 32.2. The Hall–Kier alpha value is -2.97. The van der Waals surface area contributed by atoms with Gasteiger partial charge >= 0.3 is 0 Å². The molecule has 148 valence electrons. The molecule has 0 radical (unpaired) electrons. The van der Waals surface area contributed by atoms with Gasteiger partial charge in [0.05, 0.1) is 10.6 Å². The summed E-state index contributed by atoms with van der Waals surface area (Å²) in [5.41, 5.74) is 2.65. The van der Waals surface area contributed by atoms with Gasteiger partial charge in [0.1, 0.15) is 0 Å². The van der Waals surface area contributed by atoms with Crippen LogP contribution in [-0.2, 0) is 14.8 Å². The standard InChI is InChI=1S/C21H18N2O4S2/c1-15(24)28-14-21(25)17-6-10-20(11-7-17)29(26,27)23-19-8-4-16(5-9-19)18-3-2-12-22-13-18/h2-13,23H,14H2,1H3. The SMILES string of the molecule is CC(=O)SCC(=O)c1ccc(S(=O)(=O)Nc2ccc(-c3cccnc3)cc2)cc1. The topological polar surface area (TPSA) is 93.2 Å². The first kappa shape index (κ1) is 20.8. The average Bonchev–Trinajstić information content (AvgIpc) is 2.73. The van der Waals surface area contributed by atoms with Crippen LogP contribution in [0.1, 0.15) is 17.3 Å². The number of pyridine rings is 1. The molecular formula is C21H18N2O4S2. The quantitative estimate of drug-likeness (QED) is 0.574. The number of benzene rings is 2. The fourth-order valence-corrected chi connectivity index (χ4v) is 4.11. The number of hydrogen-bond donors (Lipinski definition) is 1. The number of carbonyl (C=O) groups is 2. The van der Waals surface area contributed by atoms with Crippen molar-refractivity contribution < 1.29 is 18.0 Å². The van der Waals surface area contributed by atoms with Crippen LogP contribution in [0.25, 0.3) is 11.1 Å². The second kappa shape index (κ2) is 9.02. The number of nitrogens with zero attached hydrogens (tertiary/aromatic N) is 1. The van der Waals surface area contributed by atoms with Crippen molar-refractivity contribution in [2.75, 3.05) is 10.5 Å². The second-order valence-corrected chi connectivity index (χ2v) is 8.99. The third kappa shape index (κ3) is 5.52. The van der Waals surface area contributed by atoms with Gasteiger partial charge in [-0.05, 0) is 41.5 Å². The van der Waals surface area contributed by atoms with Gasteiger partial charge in [0, 0.05) is 30.6 Å². The zero-order valence-corrected chi connectivity index (χ0v) is 17.2. The highest BCUT2D eigenvalue weighted by molar-refractivity contribution is 8.14. The first-order valence-electron chi connectivity index (χ1n) is 8.65. The molecule has 0 saturated heterocycles. The average molecular weight is 427 g/mol. The third-order valence-electron chi connectivity index (χ3n) is 4.03. The Morgan fingerprint density at radius 1 is 0.966 bits per heavy atom. The van der Waals surface area contributed by atoms with Crippen LogP contribution in [0.3, 0.4) is 0 Å². The highest BCUT2D eigenvalue weighted by Crippen LogP contribution is 2.22. The lowest BCUT2D eigenvalue weighted by Gasteiger charge is -2.09. The molecule has 0 atom stereocenters. The molecule has 0 amide bonds. The largest absolute Gasteiger partial charge is 0.293 e. The Morgan fingerprint density at radius 3 is 2.24 bits per heavy atom. The lowest BCUT2D eigenvalue weighted by Crippen LogP contribution is -2.13. The Bertz CT molecular complexity index is 1110. The summed E-state index contributed by atoms with van der Waals surface area (Å²) in [5.74, 6) is -0.198. The van der Waals surface area contributed by atoms with Gasteiger partial charge in [-0.15, -0.1) is 0 Å². The van der Waals surface area contributed by atoms with Crippen molar-refractivity contribution >= 4 is 38.4 Å². The molecule has 29 heavy (non-hydrogen) atoms. The van der Waals surface area contributed by atoms with E-state index in [-0.39, 0.29) is 21.5 Å². The summed E-state index contributed by atoms with van der Waals surface area (Å²) in [6, 6.07) is 16.4. The summed E-state index contributed by atoms with van der Waals surface area (Å²) < 4.78 is 27.7. The van der Waals surface area contributed by atoms with Crippen LogP contribution in [0, 0.1) is 0 Å². The molecule has 3 rings (SSSR count). The maximum atomic E-state index is 12.6. The Kier molecular flexibility index (Phi) is 6.46. The van der Waals surface area contributed by atoms with E-state index in [2.05, 4.69) is 9.71 Å². The molecule has 6 nitrogen and oxygen atoms in total. The molecule has 0 saturated carbocycles. The minimum absolute atomic E-state index is 0.0307. The van der Waals surface area contributed by atoms with Gasteiger partial charge in [-0.25, -0.2) is 8.42 Å². The van der Waals surface area contributed by atoms with Crippen molar-refractivity contribution in [3.05, 3.63) is 78.6 Å². The fourth-order valence-electron chi connectivity index (χ4n) is 2.55. The fraction of sp³-hybridized carbons (Fsp3) is 0.0952. The van der Waals surface area contributed by atoms with E-state index >= 15 is 0 Å². The predicted octanol–water partition coefficient (Wildman–Crippen LogP) is 4.01. The number of carbonyl (C=O) groups excluding carboxylic acids is 2. The van der Waals surface area contributed by atoms with Crippen molar-refractivity contribution in [3.8, 4) is 11.1 Å². The van der Waals surface area contributed by atoms with E-state index < -0.39 is 10.0 Å². The molecule has 0 aliphatic rings. The Balaban J connectivity index is 1.71. The van der Waals surface area contributed by atoms with E-state index in [4.69, 9.17) is 0 Å². The number of aromatic nitrogens is 1. The van der Waals surface area contributed by atoms with E-state index in [1.54, 1.807) is 24.5 Å². The van der Waals surface area contributed by atoms with Crippen LogP contribution in [0.2, 0.25) is 0 Å². The maximum absolute atomic E-state index is 12.6. The smallest absolute Gasteiger partial charge is 0.261 e. The maximum Gasteiger partial charge on any atom is 0.261 e. The van der Waals surface area contributed by atoms with Gasteiger partial charge in [-0.2, -0.15) is 0 Å². The van der Waals surface area contributed by atoms with Crippen molar-refractivity contribution in [1.29, 1.82) is 0 Å². The summed E-state index contributed by atoms with van der Waals surface area (Å²) in [5, 5.41) is -0.142. The van der Waals surface area contributed by atoms with Gasteiger partial charge < -0.3 is 0 Å². The van der Waals surface area contributed by atoms with E-state index in [1.165, 1.54) is 31.2 Å². The van der Waals surface area contributed by atoms with Crippen LogP contribution in [-0.4, -0.2) is 30.1 Å². The molecule has 2 aromatic carbocycles. The lowest BCUT2D eigenvalue weighted by molar-refractivity contribution is -0.109. The molecule has 0 fully saturated rings. The normalized spacial score (nSPS) is 11.1. The Labute approximate surface area is 173 Å². The lowest BCUT2D eigenvalue weighted by atomic mass is 10.1. The number of rotatable bonds is 7. The summed E-state index contributed by atoms with van der Waals surface area (Å²) in [6.45, 7) is 1.39. The van der Waals surface area contributed by atoms with Crippen LogP contribution >= 0.6 is 11.8 Å². The molecule has 3 aromatic rings. The molecule has 8 heteroatoms. The van der Waals surface area contributed by atoms with Gasteiger partial charge in [0.2, 0.25) is 0 Å². The molecule has 0 aliphatic carbocycles. The molecular weight excluding hydrogens is 408 g/mol. The summed E-state index contributed by atoms with van der Waals surface area (Å²) in [4.78, 5) is 27.1. The van der Waals surface area contributed by atoms with Crippen molar-refractivity contribution in [2.45, 2.75) is 11.8 Å². The summed E-state index contributed by atoms with van der Waals surface area (Å²) in [7, 11) is -3.79. The van der Waals surface area contributed by atoms with E-state index in [1.807, 2.05) is 24.3 Å². The van der Waals surface area contributed by atoms with Crippen molar-refractivity contribution in [1.82, 2.24) is 4.98 Å². The number of anilines is 1. The van der Waals surface area contributed by atoms with Gasteiger partial charge in [0.25, 0.3) is 10.0 Å². The second-order valence-electron chi connectivity index (χ2n) is 6.15. The zero-order valence-electron chi connectivity index (χ0n) is 15.5. The minimum atomic E-state index is -3.79. The predicted molar refractivity (Wildman–Crippen MR) is 114 cm³/mol. The summed E-state index contributed by atoms with van der Waals surface area (Å²) in [6.07, 6.45) is 3.42. The molecule has 0 bridgehead atoms. The van der Waals surface area contributed by atoms with Gasteiger partial charge in [-0.3, -0.25) is 19.3 Å². The summed E-state index contributed by atoms with van der Waals surface area (Å²) >= 11 is 0.922. The van der Waals surface area contributed by atoms with Gasteiger partial charge in [0.15, 0.2) is 10.9 Å². The van der Waals surface area contributed by atoms with E-state index in [0.717, 1.165) is 22.9 Å². The Morgan fingerprint density at radius 2 is 1.66 bits per heavy atom. The first-order valence-corrected chi connectivity index (χ1v) is 11.1. The molecule has 0 aliphatic heterocycles. The molecule has 0 unspecified atom stereocenters. The van der Waals surface area contributed by atoms with Crippen molar-refractivity contribution in [3.63, 3.8) is 0 Å². The third-order valence-corrected chi connectivity index (χ3v) is 6.24. The van der Waals surface area contributed by atoms with Gasteiger partial charge in [-0.1, -0.05) is 42.1 Å². The highest BCUT2D eigenvalue weighted by Gasteiger charge is 2.16. The molecule has 0 spiro atoms. The monoisotopic (exact) mass is 426 g/mol. The van der Waals surface area contributed by atoms with Crippen molar-refractivity contribution in [2.24, 2.45) is 0 Å². The number of Topliss-reactive ketones (excluding diaryl/α,β-unsaturated/α-hetero) is 1. The number of nitrogens with one attached hydrogen (secondary N) is 1. The number of hydrogen-bond acceptors (Lipinski definition) is 6. The number of sulfonamides is 1. The zero-order chi connectivity index (χ0) is 20.9. The van der Waals surface area contributed by atoms with E-state index in [9.17, 15) is 18.0 Å². The minimum Gasteiger partial charge on any atom is -0.293 e. The number of ketones is 1.